The number of rotatable bonds is 4. The first-order valence-electron chi connectivity index (χ1n) is 8.07. The maximum Gasteiger partial charge on any atom is 0.308 e. The van der Waals surface area contributed by atoms with Crippen LogP contribution in [0.25, 0.3) is 10.2 Å². The quantitative estimate of drug-likeness (QED) is 0.848. The number of aryl methyl sites for hydroxylation is 1. The lowest BCUT2D eigenvalue weighted by Gasteiger charge is -2.30. The van der Waals surface area contributed by atoms with Crippen LogP contribution in [-0.2, 0) is 16.6 Å². The minimum atomic E-state index is -3.47. The molecule has 1 fully saturated rings. The molecule has 1 aromatic carbocycles. The lowest BCUT2D eigenvalue weighted by molar-refractivity contribution is 0.281. The summed E-state index contributed by atoms with van der Waals surface area (Å²) in [4.78, 5) is 12.3. The highest BCUT2D eigenvalue weighted by Gasteiger charge is 2.29. The minimum absolute atomic E-state index is 0.0250. The standard InChI is InChI=1S/C16H22N2O3S2/c1-3-8-18-14-7-6-13(10-15(14)22-16(18)19)23(20,21)17-9-4-5-12(2)11-17/h6-7,10,12H,3-5,8-9,11H2,1-2H3. The molecule has 2 heterocycles. The second kappa shape index (κ2) is 6.37. The molecule has 0 bridgehead atoms. The zero-order valence-electron chi connectivity index (χ0n) is 13.5. The fourth-order valence-corrected chi connectivity index (χ4v) is 5.81. The molecule has 0 spiro atoms. The number of hydrogen-bond acceptors (Lipinski definition) is 4. The number of hydrogen-bond donors (Lipinski definition) is 0. The molecule has 1 aromatic heterocycles. The van der Waals surface area contributed by atoms with E-state index in [1.165, 1.54) is 0 Å². The van der Waals surface area contributed by atoms with Gasteiger partial charge in [-0.15, -0.1) is 0 Å². The summed E-state index contributed by atoms with van der Waals surface area (Å²) in [6, 6.07) is 5.06. The van der Waals surface area contributed by atoms with Gasteiger partial charge >= 0.3 is 4.87 Å². The molecule has 1 aliphatic rings. The fourth-order valence-electron chi connectivity index (χ4n) is 3.16. The van der Waals surface area contributed by atoms with E-state index < -0.39 is 10.0 Å². The SMILES string of the molecule is CCCn1c(=O)sc2cc(S(=O)(=O)N3CCCC(C)C3)ccc21. The Morgan fingerprint density at radius 1 is 1.35 bits per heavy atom. The van der Waals surface area contributed by atoms with Gasteiger partial charge in [0.25, 0.3) is 0 Å². The molecule has 7 heteroatoms. The van der Waals surface area contributed by atoms with Gasteiger partial charge in [-0.05, 0) is 43.4 Å². The van der Waals surface area contributed by atoms with Crippen molar-refractivity contribution in [2.24, 2.45) is 5.92 Å². The molecule has 23 heavy (non-hydrogen) atoms. The third-order valence-corrected chi connectivity index (χ3v) is 7.15. The zero-order chi connectivity index (χ0) is 16.6. The van der Waals surface area contributed by atoms with Gasteiger partial charge in [-0.3, -0.25) is 9.36 Å². The smallest absolute Gasteiger partial charge is 0.299 e. The number of sulfonamides is 1. The maximum absolute atomic E-state index is 12.8. The summed E-state index contributed by atoms with van der Waals surface area (Å²) in [5, 5.41) is 0. The fraction of sp³-hybridized carbons (Fsp3) is 0.562. The van der Waals surface area contributed by atoms with Gasteiger partial charge in [0.15, 0.2) is 0 Å². The lowest BCUT2D eigenvalue weighted by atomic mass is 10.0. The van der Waals surface area contributed by atoms with Crippen LogP contribution < -0.4 is 4.87 Å². The van der Waals surface area contributed by atoms with E-state index >= 15 is 0 Å². The summed E-state index contributed by atoms with van der Waals surface area (Å²) < 4.78 is 29.7. The van der Waals surface area contributed by atoms with Gasteiger partial charge in [0, 0.05) is 19.6 Å². The van der Waals surface area contributed by atoms with Gasteiger partial charge in [-0.1, -0.05) is 25.2 Å². The van der Waals surface area contributed by atoms with E-state index in [0.29, 0.717) is 30.4 Å². The topological polar surface area (TPSA) is 59.4 Å². The Hall–Kier alpha value is -1.18. The van der Waals surface area contributed by atoms with E-state index in [-0.39, 0.29) is 4.87 Å². The molecule has 0 saturated carbocycles. The number of piperidine rings is 1. The van der Waals surface area contributed by atoms with Crippen LogP contribution in [0.1, 0.15) is 33.1 Å². The summed E-state index contributed by atoms with van der Waals surface area (Å²) in [7, 11) is -3.47. The third-order valence-electron chi connectivity index (χ3n) is 4.34. The second-order valence-corrected chi connectivity index (χ2v) is 9.19. The molecular weight excluding hydrogens is 332 g/mol. The Balaban J connectivity index is 2.01. The van der Waals surface area contributed by atoms with Crippen molar-refractivity contribution in [3.05, 3.63) is 27.9 Å². The first-order valence-corrected chi connectivity index (χ1v) is 10.3. The summed E-state index contributed by atoms with van der Waals surface area (Å²) >= 11 is 1.12. The molecule has 5 nitrogen and oxygen atoms in total. The molecule has 0 aliphatic carbocycles. The first-order chi connectivity index (χ1) is 10.9. The van der Waals surface area contributed by atoms with Gasteiger partial charge in [0.2, 0.25) is 10.0 Å². The average Bonchev–Trinajstić information content (AvgIpc) is 2.83. The summed E-state index contributed by atoms with van der Waals surface area (Å²) in [6.45, 7) is 5.92. The molecule has 1 atom stereocenters. The molecule has 3 rings (SSSR count). The largest absolute Gasteiger partial charge is 0.308 e. The zero-order valence-corrected chi connectivity index (χ0v) is 15.1. The van der Waals surface area contributed by atoms with Crippen LogP contribution in [0.4, 0.5) is 0 Å². The lowest BCUT2D eigenvalue weighted by Crippen LogP contribution is -2.39. The summed E-state index contributed by atoms with van der Waals surface area (Å²) in [5.74, 6) is 0.393. The van der Waals surface area contributed by atoms with Crippen LogP contribution in [0.2, 0.25) is 0 Å². The molecular formula is C16H22N2O3S2. The van der Waals surface area contributed by atoms with Crippen LogP contribution in [0.3, 0.4) is 0 Å². The normalized spacial score (nSPS) is 20.2. The van der Waals surface area contributed by atoms with E-state index in [1.54, 1.807) is 27.1 Å². The molecule has 1 unspecified atom stereocenters. The van der Waals surface area contributed by atoms with Crippen LogP contribution in [-0.4, -0.2) is 30.4 Å². The Morgan fingerprint density at radius 2 is 2.13 bits per heavy atom. The monoisotopic (exact) mass is 354 g/mol. The highest BCUT2D eigenvalue weighted by atomic mass is 32.2. The van der Waals surface area contributed by atoms with Crippen LogP contribution in [0, 0.1) is 5.92 Å². The van der Waals surface area contributed by atoms with Gasteiger partial charge in [0.1, 0.15) is 0 Å². The van der Waals surface area contributed by atoms with E-state index in [4.69, 9.17) is 0 Å². The molecule has 1 aliphatic heterocycles. The van der Waals surface area contributed by atoms with Crippen molar-refractivity contribution in [3.63, 3.8) is 0 Å². The van der Waals surface area contributed by atoms with Gasteiger partial charge in [-0.2, -0.15) is 4.31 Å². The van der Waals surface area contributed by atoms with Crippen molar-refractivity contribution >= 4 is 31.6 Å². The highest BCUT2D eigenvalue weighted by molar-refractivity contribution is 7.89. The Labute approximate surface area is 140 Å². The molecule has 2 aromatic rings. The first kappa shape index (κ1) is 16.7. The molecule has 1 saturated heterocycles. The predicted octanol–water partition coefficient (Wildman–Crippen LogP) is 2.89. The summed E-state index contributed by atoms with van der Waals surface area (Å²) in [5.41, 5.74) is 0.827. The third kappa shape index (κ3) is 3.09. The Morgan fingerprint density at radius 3 is 2.83 bits per heavy atom. The van der Waals surface area contributed by atoms with Crippen molar-refractivity contribution in [2.45, 2.75) is 44.6 Å². The Kier molecular flexibility index (Phi) is 4.62. The van der Waals surface area contributed by atoms with E-state index in [2.05, 4.69) is 6.92 Å². The van der Waals surface area contributed by atoms with Crippen molar-refractivity contribution in [1.29, 1.82) is 0 Å². The average molecular weight is 354 g/mol. The molecule has 0 radical (unpaired) electrons. The van der Waals surface area contributed by atoms with E-state index in [0.717, 1.165) is 40.8 Å². The maximum atomic E-state index is 12.8. The number of aromatic nitrogens is 1. The van der Waals surface area contributed by atoms with Gasteiger partial charge < -0.3 is 0 Å². The highest BCUT2D eigenvalue weighted by Crippen LogP contribution is 2.27. The minimum Gasteiger partial charge on any atom is -0.299 e. The van der Waals surface area contributed by atoms with Crippen LogP contribution in [0.15, 0.2) is 27.9 Å². The van der Waals surface area contributed by atoms with Crippen molar-refractivity contribution in [1.82, 2.24) is 8.87 Å². The van der Waals surface area contributed by atoms with Crippen molar-refractivity contribution in [3.8, 4) is 0 Å². The second-order valence-electron chi connectivity index (χ2n) is 6.26. The molecule has 126 valence electrons. The van der Waals surface area contributed by atoms with Gasteiger partial charge in [-0.25, -0.2) is 8.42 Å². The summed E-state index contributed by atoms with van der Waals surface area (Å²) in [6.07, 6.45) is 2.85. The number of fused-ring (bicyclic) bond motifs is 1. The number of thiazole rings is 1. The van der Waals surface area contributed by atoms with E-state index in [9.17, 15) is 13.2 Å². The molecule has 0 N–H and O–H groups in total. The Bertz CT molecular complexity index is 867. The van der Waals surface area contributed by atoms with Crippen molar-refractivity contribution < 1.29 is 8.42 Å². The number of benzene rings is 1. The van der Waals surface area contributed by atoms with Gasteiger partial charge in [0.05, 0.1) is 15.1 Å². The van der Waals surface area contributed by atoms with Crippen LogP contribution >= 0.6 is 11.3 Å². The molecule has 0 amide bonds. The van der Waals surface area contributed by atoms with Crippen molar-refractivity contribution in [2.75, 3.05) is 13.1 Å². The predicted molar refractivity (Wildman–Crippen MR) is 93.5 cm³/mol. The van der Waals surface area contributed by atoms with E-state index in [1.807, 2.05) is 6.92 Å². The number of nitrogens with zero attached hydrogens (tertiary/aromatic N) is 2. The van der Waals surface area contributed by atoms with Crippen LogP contribution in [0.5, 0.6) is 0 Å².